The number of nitrogens with zero attached hydrogens (tertiary/aromatic N) is 1. The van der Waals surface area contributed by atoms with Crippen molar-refractivity contribution >= 4 is 15.9 Å². The Bertz CT molecular complexity index is 476. The Kier molecular flexibility index (Phi) is 4.82. The first-order valence-electron chi connectivity index (χ1n) is 7.59. The third kappa shape index (κ3) is 5.14. The molecule has 2 saturated heterocycles. The van der Waals surface area contributed by atoms with Gasteiger partial charge in [0.1, 0.15) is 5.60 Å². The van der Waals surface area contributed by atoms with E-state index in [2.05, 4.69) is 5.32 Å². The van der Waals surface area contributed by atoms with Gasteiger partial charge in [0.2, 0.25) is 0 Å². The molecule has 0 unspecified atom stereocenters. The molecule has 0 aromatic carbocycles. The Morgan fingerprint density at radius 2 is 1.76 bits per heavy atom. The molecule has 0 aliphatic carbocycles. The molecule has 2 aliphatic rings. The Labute approximate surface area is 127 Å². The molecule has 21 heavy (non-hydrogen) atoms. The summed E-state index contributed by atoms with van der Waals surface area (Å²) in [5.74, 6) is 0.542. The predicted molar refractivity (Wildman–Crippen MR) is 81.0 cm³/mol. The number of hydrogen-bond acceptors (Lipinski definition) is 5. The summed E-state index contributed by atoms with van der Waals surface area (Å²) in [6.45, 7) is 6.90. The lowest BCUT2D eigenvalue weighted by Gasteiger charge is -2.34. The maximum Gasteiger partial charge on any atom is 0.410 e. The minimum Gasteiger partial charge on any atom is -0.444 e. The molecule has 0 saturated carbocycles. The van der Waals surface area contributed by atoms with Gasteiger partial charge in [-0.15, -0.1) is 0 Å². The highest BCUT2D eigenvalue weighted by Crippen LogP contribution is 2.18. The largest absolute Gasteiger partial charge is 0.444 e. The molecule has 0 radical (unpaired) electrons. The lowest BCUT2D eigenvalue weighted by molar-refractivity contribution is 0.0196. The molecule has 0 aromatic rings. The second-order valence-corrected chi connectivity index (χ2v) is 9.24. The fourth-order valence-corrected chi connectivity index (χ4v) is 4.50. The molecule has 7 heteroatoms. The summed E-state index contributed by atoms with van der Waals surface area (Å²) >= 11 is 0. The Morgan fingerprint density at radius 1 is 1.14 bits per heavy atom. The van der Waals surface area contributed by atoms with E-state index in [4.69, 9.17) is 4.74 Å². The molecule has 0 aromatic heterocycles. The number of ether oxygens (including phenoxy) is 1. The topological polar surface area (TPSA) is 75.7 Å². The molecular weight excluding hydrogens is 292 g/mol. The fourth-order valence-electron chi connectivity index (χ4n) is 2.81. The van der Waals surface area contributed by atoms with Crippen molar-refractivity contribution in [3.8, 4) is 0 Å². The normalized spacial score (nSPS) is 26.8. The Hall–Kier alpha value is -0.820. The predicted octanol–water partition coefficient (Wildman–Crippen LogP) is 1.16. The summed E-state index contributed by atoms with van der Waals surface area (Å²) in [4.78, 5) is 13.7. The van der Waals surface area contributed by atoms with Crippen molar-refractivity contribution in [2.45, 2.75) is 57.7 Å². The number of amides is 1. The number of piperidine rings is 1. The van der Waals surface area contributed by atoms with Crippen LogP contribution in [0, 0.1) is 0 Å². The van der Waals surface area contributed by atoms with Crippen LogP contribution in [-0.4, -0.2) is 61.7 Å². The van der Waals surface area contributed by atoms with Gasteiger partial charge < -0.3 is 15.0 Å². The van der Waals surface area contributed by atoms with Crippen LogP contribution in [0.2, 0.25) is 0 Å². The van der Waals surface area contributed by atoms with E-state index in [0.717, 1.165) is 12.8 Å². The minimum absolute atomic E-state index is 0.0769. The van der Waals surface area contributed by atoms with Gasteiger partial charge in [0, 0.05) is 25.2 Å². The monoisotopic (exact) mass is 318 g/mol. The summed E-state index contributed by atoms with van der Waals surface area (Å²) in [6.07, 6.45) is 2.13. The molecule has 0 bridgehead atoms. The van der Waals surface area contributed by atoms with Crippen molar-refractivity contribution in [2.75, 3.05) is 24.6 Å². The van der Waals surface area contributed by atoms with Crippen molar-refractivity contribution in [1.29, 1.82) is 0 Å². The number of rotatable bonds is 2. The number of likely N-dealkylation sites (tertiary alicyclic amines) is 1. The van der Waals surface area contributed by atoms with Gasteiger partial charge in [-0.2, -0.15) is 0 Å². The van der Waals surface area contributed by atoms with E-state index >= 15 is 0 Å². The van der Waals surface area contributed by atoms with Crippen molar-refractivity contribution in [2.24, 2.45) is 0 Å². The first kappa shape index (κ1) is 16.5. The molecule has 1 N–H and O–H groups in total. The van der Waals surface area contributed by atoms with Crippen LogP contribution in [0.1, 0.15) is 40.0 Å². The van der Waals surface area contributed by atoms with Crippen LogP contribution in [0.15, 0.2) is 0 Å². The first-order valence-corrected chi connectivity index (χ1v) is 9.41. The molecule has 2 aliphatic heterocycles. The quantitative estimate of drug-likeness (QED) is 0.827. The standard InChI is InChI=1S/C14H26N2O4S/c1-14(2,3)20-13(17)16-7-4-11(5-8-16)15-12-6-9-21(18,19)10-12/h11-12,15H,4-10H2,1-3H3/t12-/m0/s1. The van der Waals surface area contributed by atoms with Crippen molar-refractivity contribution in [1.82, 2.24) is 10.2 Å². The fraction of sp³-hybridized carbons (Fsp3) is 0.929. The third-order valence-electron chi connectivity index (χ3n) is 3.85. The summed E-state index contributed by atoms with van der Waals surface area (Å²) in [5.41, 5.74) is -0.468. The number of carbonyl (C=O) groups is 1. The first-order chi connectivity index (χ1) is 9.65. The van der Waals surface area contributed by atoms with Gasteiger partial charge >= 0.3 is 6.09 Å². The zero-order valence-corrected chi connectivity index (χ0v) is 13.9. The van der Waals surface area contributed by atoms with E-state index in [-0.39, 0.29) is 17.9 Å². The number of nitrogens with one attached hydrogen (secondary N) is 1. The molecule has 2 fully saturated rings. The van der Waals surface area contributed by atoms with Gasteiger partial charge in [-0.1, -0.05) is 0 Å². The van der Waals surface area contributed by atoms with Crippen molar-refractivity contribution < 1.29 is 17.9 Å². The molecule has 0 spiro atoms. The van der Waals surface area contributed by atoms with Gasteiger partial charge in [-0.25, -0.2) is 13.2 Å². The molecule has 122 valence electrons. The highest BCUT2D eigenvalue weighted by atomic mass is 32.2. The maximum absolute atomic E-state index is 12.0. The van der Waals surface area contributed by atoms with Crippen LogP contribution in [0.3, 0.4) is 0 Å². The maximum atomic E-state index is 12.0. The average Bonchev–Trinajstić information content (AvgIpc) is 2.67. The second kappa shape index (κ2) is 6.12. The summed E-state index contributed by atoms with van der Waals surface area (Å²) < 4.78 is 28.3. The van der Waals surface area contributed by atoms with E-state index < -0.39 is 15.4 Å². The van der Waals surface area contributed by atoms with E-state index in [1.165, 1.54) is 0 Å². The van der Waals surface area contributed by atoms with Crippen LogP contribution in [0.5, 0.6) is 0 Å². The summed E-state index contributed by atoms with van der Waals surface area (Å²) in [7, 11) is -2.84. The van der Waals surface area contributed by atoms with Crippen LogP contribution < -0.4 is 5.32 Å². The smallest absolute Gasteiger partial charge is 0.410 e. The SMILES string of the molecule is CC(C)(C)OC(=O)N1CCC(N[C@H]2CCS(=O)(=O)C2)CC1. The van der Waals surface area contributed by atoms with Crippen LogP contribution in [0.25, 0.3) is 0 Å². The van der Waals surface area contributed by atoms with E-state index in [1.807, 2.05) is 20.8 Å². The van der Waals surface area contributed by atoms with E-state index in [1.54, 1.807) is 4.90 Å². The van der Waals surface area contributed by atoms with Crippen LogP contribution >= 0.6 is 0 Å². The molecule has 1 amide bonds. The van der Waals surface area contributed by atoms with E-state index in [9.17, 15) is 13.2 Å². The Morgan fingerprint density at radius 3 is 2.24 bits per heavy atom. The summed E-state index contributed by atoms with van der Waals surface area (Å²) in [6, 6.07) is 0.370. The highest BCUT2D eigenvalue weighted by molar-refractivity contribution is 7.91. The number of sulfone groups is 1. The van der Waals surface area contributed by atoms with Gasteiger partial charge in [0.15, 0.2) is 9.84 Å². The zero-order valence-electron chi connectivity index (χ0n) is 13.1. The average molecular weight is 318 g/mol. The molecule has 2 rings (SSSR count). The molecule has 2 heterocycles. The van der Waals surface area contributed by atoms with Crippen molar-refractivity contribution in [3.63, 3.8) is 0 Å². The lowest BCUT2D eigenvalue weighted by atomic mass is 10.0. The van der Waals surface area contributed by atoms with E-state index in [0.29, 0.717) is 31.3 Å². The molecule has 1 atom stereocenters. The highest BCUT2D eigenvalue weighted by Gasteiger charge is 2.32. The van der Waals surface area contributed by atoms with Gasteiger partial charge in [0.25, 0.3) is 0 Å². The van der Waals surface area contributed by atoms with Crippen LogP contribution in [-0.2, 0) is 14.6 Å². The number of hydrogen-bond donors (Lipinski definition) is 1. The third-order valence-corrected chi connectivity index (χ3v) is 5.62. The lowest BCUT2D eigenvalue weighted by Crippen LogP contribution is -2.49. The molecule has 6 nitrogen and oxygen atoms in total. The minimum atomic E-state index is -2.84. The van der Waals surface area contributed by atoms with Gasteiger partial charge in [-0.3, -0.25) is 0 Å². The van der Waals surface area contributed by atoms with Crippen molar-refractivity contribution in [3.05, 3.63) is 0 Å². The number of carbonyl (C=O) groups excluding carboxylic acids is 1. The van der Waals surface area contributed by atoms with Gasteiger partial charge in [0.05, 0.1) is 11.5 Å². The zero-order chi connectivity index (χ0) is 15.7. The van der Waals surface area contributed by atoms with Gasteiger partial charge in [-0.05, 0) is 40.0 Å². The molecular formula is C14H26N2O4S. The Balaban J connectivity index is 1.75. The summed E-state index contributed by atoms with van der Waals surface area (Å²) in [5, 5.41) is 3.42. The van der Waals surface area contributed by atoms with Crippen LogP contribution in [0.4, 0.5) is 4.79 Å². The second-order valence-electron chi connectivity index (χ2n) is 7.01.